The molecular formula is C27H35N5O. The quantitative estimate of drug-likeness (QED) is 0.567. The van der Waals surface area contributed by atoms with Gasteiger partial charge in [-0.25, -0.2) is 4.98 Å². The molecule has 6 heteroatoms. The zero-order valence-electron chi connectivity index (χ0n) is 20.3. The number of pyridine rings is 1. The van der Waals surface area contributed by atoms with Gasteiger partial charge in [0, 0.05) is 61.6 Å². The Labute approximate surface area is 197 Å². The van der Waals surface area contributed by atoms with Gasteiger partial charge in [0.25, 0.3) is 5.91 Å². The van der Waals surface area contributed by atoms with E-state index in [4.69, 9.17) is 4.98 Å². The third-order valence-electron chi connectivity index (χ3n) is 6.66. The minimum absolute atomic E-state index is 0.100. The van der Waals surface area contributed by atoms with Crippen LogP contribution in [0.3, 0.4) is 0 Å². The number of amides is 1. The van der Waals surface area contributed by atoms with Crippen molar-refractivity contribution in [2.45, 2.75) is 27.7 Å². The van der Waals surface area contributed by atoms with E-state index in [1.54, 1.807) is 0 Å². The summed E-state index contributed by atoms with van der Waals surface area (Å²) in [6.45, 7) is 15.8. The maximum Gasteiger partial charge on any atom is 0.255 e. The molecule has 1 amide bonds. The number of rotatable bonds is 7. The average Bonchev–Trinajstić information content (AvgIpc) is 2.85. The van der Waals surface area contributed by atoms with Crippen LogP contribution in [0.5, 0.6) is 0 Å². The van der Waals surface area contributed by atoms with E-state index in [9.17, 15) is 4.79 Å². The van der Waals surface area contributed by atoms with Gasteiger partial charge in [0.2, 0.25) is 0 Å². The van der Waals surface area contributed by atoms with E-state index >= 15 is 0 Å². The van der Waals surface area contributed by atoms with Gasteiger partial charge < -0.3 is 20.0 Å². The molecular weight excluding hydrogens is 410 g/mol. The summed E-state index contributed by atoms with van der Waals surface area (Å²) in [7, 11) is 0. The van der Waals surface area contributed by atoms with E-state index in [2.05, 4.69) is 53.8 Å². The summed E-state index contributed by atoms with van der Waals surface area (Å²) in [5.74, 6) is 0.942. The number of carbonyl (C=O) groups is 1. The van der Waals surface area contributed by atoms with E-state index in [0.29, 0.717) is 5.56 Å². The fourth-order valence-electron chi connectivity index (χ4n) is 4.53. The Hall–Kier alpha value is -3.12. The molecule has 33 heavy (non-hydrogen) atoms. The van der Waals surface area contributed by atoms with Gasteiger partial charge in [-0.15, -0.1) is 0 Å². The SMILES string of the molecule is CCN1CCN(c2cc(C)c3cc(NC(=O)c4ccc(N(CC)CC)cc4)ccc3n2)CC1. The minimum atomic E-state index is -0.100. The monoisotopic (exact) mass is 445 g/mol. The first-order valence-corrected chi connectivity index (χ1v) is 12.1. The standard InChI is InChI=1S/C27H35N5O/c1-5-30-14-16-32(17-15-30)26-18-20(4)24-19-22(10-13-25(24)29-26)28-27(33)21-8-11-23(12-9-21)31(6-2)7-3/h8-13,18-19H,5-7,14-17H2,1-4H3,(H,28,33). The van der Waals surface area contributed by atoms with Crippen LogP contribution in [0.25, 0.3) is 10.9 Å². The van der Waals surface area contributed by atoms with E-state index in [1.165, 1.54) is 5.56 Å². The van der Waals surface area contributed by atoms with Crippen molar-refractivity contribution in [3.05, 3.63) is 59.7 Å². The van der Waals surface area contributed by atoms with Crippen molar-refractivity contribution in [3.63, 3.8) is 0 Å². The minimum Gasteiger partial charge on any atom is -0.372 e. The Balaban J connectivity index is 1.49. The smallest absolute Gasteiger partial charge is 0.255 e. The first kappa shape index (κ1) is 23.1. The Kier molecular flexibility index (Phi) is 7.14. The molecule has 0 bridgehead atoms. The van der Waals surface area contributed by atoms with Crippen LogP contribution in [-0.4, -0.2) is 61.6 Å². The molecule has 0 spiro atoms. The maximum absolute atomic E-state index is 12.8. The lowest BCUT2D eigenvalue weighted by Crippen LogP contribution is -2.46. The molecule has 1 aliphatic heterocycles. The molecule has 0 unspecified atom stereocenters. The predicted octanol–water partition coefficient (Wildman–Crippen LogP) is 4.78. The lowest BCUT2D eigenvalue weighted by Gasteiger charge is -2.35. The van der Waals surface area contributed by atoms with Gasteiger partial charge in [-0.05, 0) is 81.4 Å². The van der Waals surface area contributed by atoms with Crippen molar-refractivity contribution in [3.8, 4) is 0 Å². The van der Waals surface area contributed by atoms with Gasteiger partial charge in [0.1, 0.15) is 5.82 Å². The molecule has 174 valence electrons. The first-order valence-electron chi connectivity index (χ1n) is 12.1. The van der Waals surface area contributed by atoms with Gasteiger partial charge in [-0.1, -0.05) is 6.92 Å². The first-order chi connectivity index (χ1) is 16.0. The zero-order chi connectivity index (χ0) is 23.4. The molecule has 0 aliphatic carbocycles. The van der Waals surface area contributed by atoms with Crippen LogP contribution < -0.4 is 15.1 Å². The Morgan fingerprint density at radius 1 is 0.970 bits per heavy atom. The number of benzene rings is 2. The molecule has 6 nitrogen and oxygen atoms in total. The largest absolute Gasteiger partial charge is 0.372 e. The maximum atomic E-state index is 12.8. The fourth-order valence-corrected chi connectivity index (χ4v) is 4.53. The summed E-state index contributed by atoms with van der Waals surface area (Å²) < 4.78 is 0. The highest BCUT2D eigenvalue weighted by atomic mass is 16.1. The predicted molar refractivity (Wildman–Crippen MR) is 139 cm³/mol. The Morgan fingerprint density at radius 2 is 1.67 bits per heavy atom. The van der Waals surface area contributed by atoms with Gasteiger partial charge in [-0.2, -0.15) is 0 Å². The lowest BCUT2D eigenvalue weighted by molar-refractivity contribution is 0.102. The van der Waals surface area contributed by atoms with Gasteiger partial charge in [-0.3, -0.25) is 4.79 Å². The van der Waals surface area contributed by atoms with E-state index in [-0.39, 0.29) is 5.91 Å². The van der Waals surface area contributed by atoms with Crippen molar-refractivity contribution in [1.29, 1.82) is 0 Å². The zero-order valence-corrected chi connectivity index (χ0v) is 20.3. The summed E-state index contributed by atoms with van der Waals surface area (Å²) in [6, 6.07) is 15.9. The Morgan fingerprint density at radius 3 is 2.30 bits per heavy atom. The van der Waals surface area contributed by atoms with Crippen LogP contribution >= 0.6 is 0 Å². The number of aryl methyl sites for hydroxylation is 1. The molecule has 0 saturated carbocycles. The second-order valence-corrected chi connectivity index (χ2v) is 8.62. The third kappa shape index (κ3) is 5.11. The average molecular weight is 446 g/mol. The second kappa shape index (κ2) is 10.2. The van der Waals surface area contributed by atoms with Crippen molar-refractivity contribution in [2.24, 2.45) is 0 Å². The molecule has 1 aliphatic rings. The fraction of sp³-hybridized carbons (Fsp3) is 0.407. The number of carbonyl (C=O) groups excluding carboxylic acids is 1. The summed E-state index contributed by atoms with van der Waals surface area (Å²) in [5, 5.41) is 4.12. The lowest BCUT2D eigenvalue weighted by atomic mass is 10.1. The number of hydrogen-bond donors (Lipinski definition) is 1. The summed E-state index contributed by atoms with van der Waals surface area (Å²) >= 11 is 0. The van der Waals surface area contributed by atoms with Crippen LogP contribution in [0.2, 0.25) is 0 Å². The number of piperazine rings is 1. The molecule has 1 fully saturated rings. The number of aromatic nitrogens is 1. The highest BCUT2D eigenvalue weighted by Crippen LogP contribution is 2.26. The Bertz CT molecular complexity index is 1100. The van der Waals surface area contributed by atoms with Crippen LogP contribution in [0, 0.1) is 6.92 Å². The van der Waals surface area contributed by atoms with E-state index < -0.39 is 0 Å². The number of likely N-dealkylation sites (N-methyl/N-ethyl adjacent to an activating group) is 1. The molecule has 3 aromatic rings. The van der Waals surface area contributed by atoms with Crippen LogP contribution in [0.4, 0.5) is 17.2 Å². The van der Waals surface area contributed by atoms with Crippen molar-refractivity contribution >= 4 is 34.0 Å². The number of nitrogens with one attached hydrogen (secondary N) is 1. The highest BCUT2D eigenvalue weighted by molar-refractivity contribution is 6.05. The highest BCUT2D eigenvalue weighted by Gasteiger charge is 2.18. The van der Waals surface area contributed by atoms with E-state index in [0.717, 1.165) is 73.9 Å². The number of anilines is 3. The number of hydrogen-bond acceptors (Lipinski definition) is 5. The molecule has 1 aromatic heterocycles. The molecule has 0 atom stereocenters. The molecule has 2 heterocycles. The summed E-state index contributed by atoms with van der Waals surface area (Å²) in [5.41, 5.74) is 4.71. The van der Waals surface area contributed by atoms with Gasteiger partial charge >= 0.3 is 0 Å². The summed E-state index contributed by atoms with van der Waals surface area (Å²) in [4.78, 5) is 24.8. The molecule has 0 radical (unpaired) electrons. The molecule has 4 rings (SSSR count). The van der Waals surface area contributed by atoms with Gasteiger partial charge in [0.05, 0.1) is 5.52 Å². The van der Waals surface area contributed by atoms with Crippen LogP contribution in [-0.2, 0) is 0 Å². The topological polar surface area (TPSA) is 51.7 Å². The van der Waals surface area contributed by atoms with E-state index in [1.807, 2.05) is 42.5 Å². The van der Waals surface area contributed by atoms with Crippen LogP contribution in [0.1, 0.15) is 36.7 Å². The molecule has 1 N–H and O–H groups in total. The number of nitrogens with zero attached hydrogens (tertiary/aromatic N) is 4. The summed E-state index contributed by atoms with van der Waals surface area (Å²) in [6.07, 6.45) is 0. The van der Waals surface area contributed by atoms with Gasteiger partial charge in [0.15, 0.2) is 0 Å². The normalized spacial score (nSPS) is 14.5. The van der Waals surface area contributed by atoms with Crippen molar-refractivity contribution in [1.82, 2.24) is 9.88 Å². The second-order valence-electron chi connectivity index (χ2n) is 8.62. The van der Waals surface area contributed by atoms with Crippen molar-refractivity contribution in [2.75, 3.05) is 60.9 Å². The third-order valence-corrected chi connectivity index (χ3v) is 6.66. The van der Waals surface area contributed by atoms with Crippen molar-refractivity contribution < 1.29 is 4.79 Å². The molecule has 1 saturated heterocycles. The molecule has 2 aromatic carbocycles. The van der Waals surface area contributed by atoms with Crippen LogP contribution in [0.15, 0.2) is 48.5 Å². The number of fused-ring (bicyclic) bond motifs is 1.